The summed E-state index contributed by atoms with van der Waals surface area (Å²) in [5.74, 6) is -12.4. The number of hydrogen-bond donors (Lipinski definition) is 1. The predicted octanol–water partition coefficient (Wildman–Crippen LogP) is 2.23. The molecule has 0 saturated carbocycles. The fraction of sp³-hybridized carbons (Fsp3) is 0.417. The molecule has 0 heterocycles. The van der Waals surface area contributed by atoms with E-state index >= 15 is 0 Å². The van der Waals surface area contributed by atoms with E-state index in [0.29, 0.717) is 0 Å². The molecular formula is C12H12F5NO2. The third kappa shape index (κ3) is 2.74. The van der Waals surface area contributed by atoms with Crippen LogP contribution in [0.3, 0.4) is 0 Å². The van der Waals surface area contributed by atoms with Crippen molar-refractivity contribution in [1.82, 2.24) is 4.90 Å². The van der Waals surface area contributed by atoms with Crippen LogP contribution >= 0.6 is 0 Å². The van der Waals surface area contributed by atoms with Crippen LogP contribution in [0, 0.1) is 29.1 Å². The first-order chi connectivity index (χ1) is 9.23. The first-order valence-corrected chi connectivity index (χ1v) is 5.67. The minimum absolute atomic E-state index is 0.296. The van der Waals surface area contributed by atoms with Gasteiger partial charge < -0.3 is 10.0 Å². The van der Waals surface area contributed by atoms with Crippen molar-refractivity contribution in [2.45, 2.75) is 19.9 Å². The molecule has 0 aliphatic rings. The van der Waals surface area contributed by atoms with Gasteiger partial charge in [-0.05, 0) is 13.8 Å². The summed E-state index contributed by atoms with van der Waals surface area (Å²) < 4.78 is 65.9. The van der Waals surface area contributed by atoms with Crippen molar-refractivity contribution in [3.8, 4) is 0 Å². The molecule has 1 aromatic rings. The zero-order valence-corrected chi connectivity index (χ0v) is 10.7. The van der Waals surface area contributed by atoms with E-state index in [0.717, 1.165) is 4.90 Å². The Hall–Kier alpha value is -1.70. The van der Waals surface area contributed by atoms with Gasteiger partial charge in [-0.25, -0.2) is 22.0 Å². The van der Waals surface area contributed by atoms with E-state index in [1.807, 2.05) is 0 Å². The smallest absolute Gasteiger partial charge is 0.260 e. The van der Waals surface area contributed by atoms with Crippen molar-refractivity contribution in [3.05, 3.63) is 34.6 Å². The zero-order chi connectivity index (χ0) is 15.6. The molecule has 1 aromatic carbocycles. The Morgan fingerprint density at radius 2 is 1.40 bits per heavy atom. The molecule has 0 aliphatic heterocycles. The number of aliphatic hydroxyl groups excluding tert-OH is 1. The molecule has 0 radical (unpaired) electrons. The molecule has 112 valence electrons. The van der Waals surface area contributed by atoms with Gasteiger partial charge in [0.25, 0.3) is 5.91 Å². The molecule has 1 N–H and O–H groups in total. The topological polar surface area (TPSA) is 40.5 Å². The lowest BCUT2D eigenvalue weighted by molar-refractivity contribution is 0.0652. The van der Waals surface area contributed by atoms with Crippen LogP contribution in [0.1, 0.15) is 24.2 Å². The fourth-order valence-electron chi connectivity index (χ4n) is 1.64. The van der Waals surface area contributed by atoms with E-state index in [4.69, 9.17) is 5.11 Å². The second-order valence-electron chi connectivity index (χ2n) is 4.26. The minimum atomic E-state index is -2.32. The number of benzene rings is 1. The van der Waals surface area contributed by atoms with Crippen LogP contribution in [0.4, 0.5) is 22.0 Å². The summed E-state index contributed by atoms with van der Waals surface area (Å²) >= 11 is 0. The molecule has 3 nitrogen and oxygen atoms in total. The Balaban J connectivity index is 3.43. The number of rotatable bonds is 4. The van der Waals surface area contributed by atoms with Gasteiger partial charge >= 0.3 is 0 Å². The van der Waals surface area contributed by atoms with Crippen LogP contribution in [-0.2, 0) is 0 Å². The summed E-state index contributed by atoms with van der Waals surface area (Å²) in [5, 5.41) is 8.78. The number of nitrogens with zero attached hydrogens (tertiary/aromatic N) is 1. The van der Waals surface area contributed by atoms with E-state index in [1.54, 1.807) is 0 Å². The van der Waals surface area contributed by atoms with Gasteiger partial charge in [0.2, 0.25) is 5.82 Å². The van der Waals surface area contributed by atoms with Crippen LogP contribution in [0.15, 0.2) is 0 Å². The van der Waals surface area contributed by atoms with Crippen molar-refractivity contribution in [2.75, 3.05) is 13.2 Å². The van der Waals surface area contributed by atoms with Crippen LogP contribution in [0.2, 0.25) is 0 Å². The summed E-state index contributed by atoms with van der Waals surface area (Å²) in [5.41, 5.74) is -1.52. The highest BCUT2D eigenvalue weighted by Crippen LogP contribution is 2.24. The summed E-state index contributed by atoms with van der Waals surface area (Å²) in [6.07, 6.45) is 0. The Morgan fingerprint density at radius 1 is 1.00 bits per heavy atom. The molecule has 0 atom stereocenters. The first kappa shape index (κ1) is 16.4. The van der Waals surface area contributed by atoms with Crippen molar-refractivity contribution < 1.29 is 31.9 Å². The second-order valence-corrected chi connectivity index (χ2v) is 4.26. The normalized spacial score (nSPS) is 11.1. The monoisotopic (exact) mass is 297 g/mol. The Bertz CT molecular complexity index is 504. The molecule has 0 fully saturated rings. The number of amides is 1. The quantitative estimate of drug-likeness (QED) is 0.526. The van der Waals surface area contributed by atoms with E-state index < -0.39 is 53.2 Å². The minimum Gasteiger partial charge on any atom is -0.395 e. The fourth-order valence-corrected chi connectivity index (χ4v) is 1.64. The maximum absolute atomic E-state index is 13.5. The van der Waals surface area contributed by atoms with Gasteiger partial charge in [-0.2, -0.15) is 0 Å². The molecule has 0 spiro atoms. The lowest BCUT2D eigenvalue weighted by Gasteiger charge is -2.26. The highest BCUT2D eigenvalue weighted by Gasteiger charge is 2.32. The SMILES string of the molecule is CC(C)N(CCO)C(=O)c1c(F)c(F)c(F)c(F)c1F. The lowest BCUT2D eigenvalue weighted by Crippen LogP contribution is -2.40. The molecule has 1 amide bonds. The van der Waals surface area contributed by atoms with Gasteiger partial charge in [0.1, 0.15) is 5.56 Å². The van der Waals surface area contributed by atoms with Gasteiger partial charge in [-0.1, -0.05) is 0 Å². The number of halogens is 5. The average Bonchev–Trinajstić information content (AvgIpc) is 2.40. The van der Waals surface area contributed by atoms with Gasteiger partial charge in [0.15, 0.2) is 23.3 Å². The first-order valence-electron chi connectivity index (χ1n) is 5.67. The second kappa shape index (κ2) is 6.17. The van der Waals surface area contributed by atoms with E-state index in [9.17, 15) is 26.7 Å². The maximum atomic E-state index is 13.5. The molecule has 8 heteroatoms. The molecule has 0 aliphatic carbocycles. The van der Waals surface area contributed by atoms with Crippen molar-refractivity contribution in [3.63, 3.8) is 0 Å². The van der Waals surface area contributed by atoms with E-state index in [-0.39, 0.29) is 6.54 Å². The van der Waals surface area contributed by atoms with Crippen LogP contribution < -0.4 is 0 Å². The molecule has 0 bridgehead atoms. The zero-order valence-electron chi connectivity index (χ0n) is 10.7. The van der Waals surface area contributed by atoms with Crippen LogP contribution in [0.5, 0.6) is 0 Å². The highest BCUT2D eigenvalue weighted by atomic mass is 19.2. The average molecular weight is 297 g/mol. The van der Waals surface area contributed by atoms with Gasteiger partial charge in [0, 0.05) is 12.6 Å². The number of carbonyl (C=O) groups is 1. The molecule has 1 rings (SSSR count). The Labute approximate surface area is 111 Å². The Kier molecular flexibility index (Phi) is 5.04. The van der Waals surface area contributed by atoms with Gasteiger partial charge in [0.05, 0.1) is 6.61 Å². The summed E-state index contributed by atoms with van der Waals surface area (Å²) in [6, 6.07) is -0.593. The van der Waals surface area contributed by atoms with Crippen LogP contribution in [-0.4, -0.2) is 35.1 Å². The summed E-state index contributed by atoms with van der Waals surface area (Å²) in [7, 11) is 0. The van der Waals surface area contributed by atoms with E-state index in [1.165, 1.54) is 13.8 Å². The largest absolute Gasteiger partial charge is 0.395 e. The molecular weight excluding hydrogens is 285 g/mol. The molecule has 20 heavy (non-hydrogen) atoms. The third-order valence-corrected chi connectivity index (χ3v) is 2.65. The van der Waals surface area contributed by atoms with E-state index in [2.05, 4.69) is 0 Å². The number of aliphatic hydroxyl groups is 1. The number of hydrogen-bond acceptors (Lipinski definition) is 2. The molecule has 0 saturated heterocycles. The third-order valence-electron chi connectivity index (χ3n) is 2.65. The summed E-state index contributed by atoms with van der Waals surface area (Å²) in [6.45, 7) is 2.13. The van der Waals surface area contributed by atoms with Crippen molar-refractivity contribution >= 4 is 5.91 Å². The maximum Gasteiger partial charge on any atom is 0.260 e. The number of carbonyl (C=O) groups excluding carboxylic acids is 1. The van der Waals surface area contributed by atoms with Crippen LogP contribution in [0.25, 0.3) is 0 Å². The van der Waals surface area contributed by atoms with Gasteiger partial charge in [-0.15, -0.1) is 0 Å². The molecule has 0 aromatic heterocycles. The molecule has 0 unspecified atom stereocenters. The Morgan fingerprint density at radius 3 is 1.75 bits per heavy atom. The lowest BCUT2D eigenvalue weighted by atomic mass is 10.1. The standard InChI is InChI=1S/C12H12F5NO2/c1-5(2)18(3-4-19)12(20)6-7(13)9(15)11(17)10(16)8(6)14/h5,19H,3-4H2,1-2H3. The van der Waals surface area contributed by atoms with Gasteiger partial charge in [-0.3, -0.25) is 4.79 Å². The predicted molar refractivity (Wildman–Crippen MR) is 59.5 cm³/mol. The van der Waals surface area contributed by atoms with Crippen molar-refractivity contribution in [2.24, 2.45) is 0 Å². The summed E-state index contributed by atoms with van der Waals surface area (Å²) in [4.78, 5) is 12.7. The highest BCUT2D eigenvalue weighted by molar-refractivity contribution is 5.95. The van der Waals surface area contributed by atoms with Crippen molar-refractivity contribution in [1.29, 1.82) is 0 Å².